The van der Waals surface area contributed by atoms with Crippen molar-refractivity contribution >= 4 is 27.4 Å². The number of aromatic nitrogens is 2. The molecular formula is C21H25N3S. The number of hydrogen-bond donors (Lipinski definition) is 0. The van der Waals surface area contributed by atoms with Crippen molar-refractivity contribution < 1.29 is 0 Å². The van der Waals surface area contributed by atoms with Crippen molar-refractivity contribution in [3.8, 4) is 11.1 Å². The van der Waals surface area contributed by atoms with E-state index in [1.54, 1.807) is 17.7 Å². The fourth-order valence-electron chi connectivity index (χ4n) is 4.21. The first-order valence-corrected chi connectivity index (χ1v) is 10.0. The second-order valence-electron chi connectivity index (χ2n) is 7.38. The van der Waals surface area contributed by atoms with Gasteiger partial charge in [-0.3, -0.25) is 0 Å². The zero-order valence-corrected chi connectivity index (χ0v) is 16.2. The van der Waals surface area contributed by atoms with Crippen LogP contribution in [0, 0.1) is 13.8 Å². The molecule has 3 nitrogen and oxygen atoms in total. The Kier molecular flexibility index (Phi) is 4.24. The van der Waals surface area contributed by atoms with Crippen molar-refractivity contribution in [1.29, 1.82) is 0 Å². The Balaban J connectivity index is 1.93. The van der Waals surface area contributed by atoms with Gasteiger partial charge in [0, 0.05) is 23.0 Å². The van der Waals surface area contributed by atoms with E-state index in [-0.39, 0.29) is 0 Å². The van der Waals surface area contributed by atoms with Crippen molar-refractivity contribution in [2.75, 3.05) is 4.90 Å². The summed E-state index contributed by atoms with van der Waals surface area (Å²) in [4.78, 5) is 12.9. The van der Waals surface area contributed by atoms with Crippen LogP contribution in [0.5, 0.6) is 0 Å². The zero-order valence-electron chi connectivity index (χ0n) is 15.4. The Bertz CT molecular complexity index is 905. The second-order valence-corrected chi connectivity index (χ2v) is 8.24. The number of rotatable bonds is 2. The van der Waals surface area contributed by atoms with E-state index in [1.807, 2.05) is 0 Å². The average molecular weight is 352 g/mol. The molecule has 4 heteroatoms. The Hall–Kier alpha value is -1.94. The molecule has 25 heavy (non-hydrogen) atoms. The number of hydrogen-bond acceptors (Lipinski definition) is 4. The SMILES string of the molecule is Cc1ccc(-c2csc3ncnc(N4C(C)CCCC4C)c23)c(C)c1. The summed E-state index contributed by atoms with van der Waals surface area (Å²) in [6.07, 6.45) is 5.51. The molecule has 2 unspecified atom stereocenters. The lowest BCUT2D eigenvalue weighted by molar-refractivity contribution is 0.412. The van der Waals surface area contributed by atoms with E-state index in [1.165, 1.54) is 46.9 Å². The van der Waals surface area contributed by atoms with Gasteiger partial charge in [0.2, 0.25) is 0 Å². The number of fused-ring (bicyclic) bond motifs is 1. The summed E-state index contributed by atoms with van der Waals surface area (Å²) in [6, 6.07) is 7.74. The number of thiophene rings is 1. The van der Waals surface area contributed by atoms with Gasteiger partial charge in [-0.2, -0.15) is 0 Å². The lowest BCUT2D eigenvalue weighted by Crippen LogP contribution is -2.44. The maximum Gasteiger partial charge on any atom is 0.141 e. The lowest BCUT2D eigenvalue weighted by atomic mass is 9.95. The standard InChI is InChI=1S/C21H25N3S/c1-13-8-9-17(14(2)10-13)18-11-25-21-19(18)20(22-12-23-21)24-15(3)6-5-7-16(24)4/h8-12,15-16H,5-7H2,1-4H3. The molecule has 0 N–H and O–H groups in total. The first-order chi connectivity index (χ1) is 12.1. The molecule has 1 aliphatic heterocycles. The lowest BCUT2D eigenvalue weighted by Gasteiger charge is -2.40. The van der Waals surface area contributed by atoms with Gasteiger partial charge in [0.1, 0.15) is 17.0 Å². The van der Waals surface area contributed by atoms with E-state index in [9.17, 15) is 0 Å². The highest BCUT2D eigenvalue weighted by atomic mass is 32.1. The van der Waals surface area contributed by atoms with Gasteiger partial charge in [-0.1, -0.05) is 23.8 Å². The van der Waals surface area contributed by atoms with E-state index in [0.29, 0.717) is 12.1 Å². The van der Waals surface area contributed by atoms with Crippen molar-refractivity contribution in [1.82, 2.24) is 9.97 Å². The molecule has 130 valence electrons. The van der Waals surface area contributed by atoms with Crippen molar-refractivity contribution in [2.24, 2.45) is 0 Å². The third kappa shape index (κ3) is 2.82. The Labute approximate surface area is 153 Å². The fourth-order valence-corrected chi connectivity index (χ4v) is 5.11. The first kappa shape index (κ1) is 16.5. The minimum Gasteiger partial charge on any atom is -0.351 e. The van der Waals surface area contributed by atoms with Gasteiger partial charge in [-0.15, -0.1) is 11.3 Å². The van der Waals surface area contributed by atoms with Crippen LogP contribution in [0.25, 0.3) is 21.3 Å². The smallest absolute Gasteiger partial charge is 0.141 e. The predicted octanol–water partition coefficient (Wildman–Crippen LogP) is 5.74. The van der Waals surface area contributed by atoms with Gasteiger partial charge in [0.15, 0.2) is 0 Å². The molecule has 4 rings (SSSR count). The van der Waals surface area contributed by atoms with E-state index in [4.69, 9.17) is 4.98 Å². The molecule has 0 bridgehead atoms. The molecule has 0 radical (unpaired) electrons. The van der Waals surface area contributed by atoms with Gasteiger partial charge < -0.3 is 4.90 Å². The Morgan fingerprint density at radius 2 is 1.80 bits per heavy atom. The molecular weight excluding hydrogens is 326 g/mol. The van der Waals surface area contributed by atoms with E-state index in [2.05, 4.69) is 61.2 Å². The highest BCUT2D eigenvalue weighted by Crippen LogP contribution is 2.41. The van der Waals surface area contributed by atoms with E-state index < -0.39 is 0 Å². The molecule has 0 amide bonds. The molecule has 3 heterocycles. The summed E-state index contributed by atoms with van der Waals surface area (Å²) in [7, 11) is 0. The molecule has 3 aromatic rings. The van der Waals surface area contributed by atoms with Crippen LogP contribution in [0.2, 0.25) is 0 Å². The number of piperidine rings is 1. The van der Waals surface area contributed by atoms with Gasteiger partial charge in [0.05, 0.1) is 5.39 Å². The monoisotopic (exact) mass is 351 g/mol. The molecule has 0 spiro atoms. The zero-order chi connectivity index (χ0) is 17.6. The summed E-state index contributed by atoms with van der Waals surface area (Å²) in [6.45, 7) is 9.00. The fraction of sp³-hybridized carbons (Fsp3) is 0.429. The van der Waals surface area contributed by atoms with E-state index >= 15 is 0 Å². The topological polar surface area (TPSA) is 29.0 Å². The number of benzene rings is 1. The van der Waals surface area contributed by atoms with Gasteiger partial charge >= 0.3 is 0 Å². The maximum atomic E-state index is 4.76. The van der Waals surface area contributed by atoms with Gasteiger partial charge in [-0.25, -0.2) is 9.97 Å². The molecule has 0 aliphatic carbocycles. The third-order valence-electron chi connectivity index (χ3n) is 5.46. The molecule has 2 atom stereocenters. The normalized spacial score (nSPS) is 21.0. The number of aryl methyl sites for hydroxylation is 2. The van der Waals surface area contributed by atoms with Crippen LogP contribution in [-0.2, 0) is 0 Å². The quantitative estimate of drug-likeness (QED) is 0.589. The molecule has 0 saturated carbocycles. The van der Waals surface area contributed by atoms with Crippen LogP contribution in [0.1, 0.15) is 44.2 Å². The van der Waals surface area contributed by atoms with Crippen LogP contribution in [0.15, 0.2) is 29.9 Å². The van der Waals surface area contributed by atoms with E-state index in [0.717, 1.165) is 10.6 Å². The van der Waals surface area contributed by atoms with Crippen LogP contribution in [0.3, 0.4) is 0 Å². The summed E-state index contributed by atoms with van der Waals surface area (Å²) in [5, 5.41) is 3.47. The average Bonchev–Trinajstić information content (AvgIpc) is 2.99. The first-order valence-electron chi connectivity index (χ1n) is 9.14. The van der Waals surface area contributed by atoms with Crippen LogP contribution in [0.4, 0.5) is 5.82 Å². The van der Waals surface area contributed by atoms with Crippen LogP contribution >= 0.6 is 11.3 Å². The molecule has 1 saturated heterocycles. The number of anilines is 1. The van der Waals surface area contributed by atoms with Crippen LogP contribution in [-0.4, -0.2) is 22.1 Å². The summed E-state index contributed by atoms with van der Waals surface area (Å²) in [5.74, 6) is 1.11. The maximum absolute atomic E-state index is 4.76. The minimum absolute atomic E-state index is 0.522. The van der Waals surface area contributed by atoms with Crippen molar-refractivity contribution in [3.63, 3.8) is 0 Å². The van der Waals surface area contributed by atoms with Crippen LogP contribution < -0.4 is 4.90 Å². The van der Waals surface area contributed by atoms with Gasteiger partial charge in [0.25, 0.3) is 0 Å². The van der Waals surface area contributed by atoms with Crippen molar-refractivity contribution in [3.05, 3.63) is 41.0 Å². The molecule has 1 aromatic carbocycles. The summed E-state index contributed by atoms with van der Waals surface area (Å²) >= 11 is 1.72. The molecule has 1 fully saturated rings. The Morgan fingerprint density at radius 1 is 1.04 bits per heavy atom. The summed E-state index contributed by atoms with van der Waals surface area (Å²) in [5.41, 5.74) is 5.19. The Morgan fingerprint density at radius 3 is 2.52 bits per heavy atom. The van der Waals surface area contributed by atoms with Crippen molar-refractivity contribution in [2.45, 2.75) is 59.0 Å². The second kappa shape index (κ2) is 6.41. The molecule has 2 aromatic heterocycles. The number of nitrogens with zero attached hydrogens (tertiary/aromatic N) is 3. The highest BCUT2D eigenvalue weighted by molar-refractivity contribution is 7.17. The molecule has 1 aliphatic rings. The largest absolute Gasteiger partial charge is 0.351 e. The third-order valence-corrected chi connectivity index (χ3v) is 6.35. The minimum atomic E-state index is 0.522. The van der Waals surface area contributed by atoms with Gasteiger partial charge in [-0.05, 0) is 58.1 Å². The predicted molar refractivity (Wildman–Crippen MR) is 108 cm³/mol. The highest BCUT2D eigenvalue weighted by Gasteiger charge is 2.28. The summed E-state index contributed by atoms with van der Waals surface area (Å²) < 4.78 is 0.